The zero-order valence-electron chi connectivity index (χ0n) is 10.2. The van der Waals surface area contributed by atoms with Crippen LogP contribution in [-0.2, 0) is 11.7 Å². The number of hydrogen-bond donors (Lipinski definition) is 1. The summed E-state index contributed by atoms with van der Waals surface area (Å²) < 4.78 is 38.1. The first kappa shape index (κ1) is 13.3. The van der Waals surface area contributed by atoms with Gasteiger partial charge in [-0.15, -0.1) is 0 Å². The predicted octanol–water partition coefficient (Wildman–Crippen LogP) is 2.92. The number of aromatic nitrogens is 2. The molecule has 1 saturated carbocycles. The Morgan fingerprint density at radius 3 is 2.33 bits per heavy atom. The van der Waals surface area contributed by atoms with Gasteiger partial charge in [0.05, 0.1) is 5.54 Å². The van der Waals surface area contributed by atoms with E-state index in [2.05, 4.69) is 9.97 Å². The van der Waals surface area contributed by atoms with Crippen molar-refractivity contribution in [3.05, 3.63) is 23.3 Å². The van der Waals surface area contributed by atoms with E-state index in [-0.39, 0.29) is 5.82 Å². The summed E-state index contributed by atoms with van der Waals surface area (Å²) in [5.41, 5.74) is 4.77. The summed E-state index contributed by atoms with van der Waals surface area (Å²) >= 11 is 0. The molecule has 6 heteroatoms. The molecule has 0 bridgehead atoms. The molecule has 0 radical (unpaired) electrons. The topological polar surface area (TPSA) is 51.8 Å². The van der Waals surface area contributed by atoms with Crippen molar-refractivity contribution in [1.82, 2.24) is 9.97 Å². The molecule has 0 atom stereocenters. The SMILES string of the molecule is Cc1cc(C(F)(F)F)nc(C2(N)CCCCC2)n1. The third-order valence-electron chi connectivity index (χ3n) is 3.34. The Morgan fingerprint density at radius 2 is 1.78 bits per heavy atom. The lowest BCUT2D eigenvalue weighted by molar-refractivity contribution is -0.141. The Bertz CT molecular complexity index is 437. The van der Waals surface area contributed by atoms with Gasteiger partial charge in [0, 0.05) is 5.69 Å². The van der Waals surface area contributed by atoms with Crippen LogP contribution in [-0.4, -0.2) is 9.97 Å². The summed E-state index contributed by atoms with van der Waals surface area (Å²) in [6.07, 6.45) is -0.268. The molecule has 1 fully saturated rings. The molecule has 0 saturated heterocycles. The van der Waals surface area contributed by atoms with Gasteiger partial charge in [0.1, 0.15) is 11.5 Å². The number of rotatable bonds is 1. The number of halogens is 3. The van der Waals surface area contributed by atoms with E-state index < -0.39 is 17.4 Å². The summed E-state index contributed by atoms with van der Waals surface area (Å²) in [6, 6.07) is 0.954. The molecule has 0 aromatic carbocycles. The first-order valence-corrected chi connectivity index (χ1v) is 6.03. The maximum absolute atomic E-state index is 12.7. The van der Waals surface area contributed by atoms with E-state index in [1.807, 2.05) is 0 Å². The second kappa shape index (κ2) is 4.50. The van der Waals surface area contributed by atoms with Crippen molar-refractivity contribution >= 4 is 0 Å². The van der Waals surface area contributed by atoms with E-state index >= 15 is 0 Å². The van der Waals surface area contributed by atoms with E-state index in [4.69, 9.17) is 5.73 Å². The molecule has 0 unspecified atom stereocenters. The molecule has 1 aromatic heterocycles. The molecule has 0 aliphatic heterocycles. The van der Waals surface area contributed by atoms with Gasteiger partial charge < -0.3 is 5.73 Å². The van der Waals surface area contributed by atoms with Crippen LogP contribution in [0.2, 0.25) is 0 Å². The van der Waals surface area contributed by atoms with Crippen molar-refractivity contribution in [1.29, 1.82) is 0 Å². The van der Waals surface area contributed by atoms with Crippen LogP contribution >= 0.6 is 0 Å². The van der Waals surface area contributed by atoms with Crippen molar-refractivity contribution in [3.63, 3.8) is 0 Å². The molecule has 1 aliphatic rings. The minimum Gasteiger partial charge on any atom is -0.319 e. The molecule has 0 spiro atoms. The van der Waals surface area contributed by atoms with Crippen LogP contribution in [0.25, 0.3) is 0 Å². The van der Waals surface area contributed by atoms with Gasteiger partial charge in [-0.1, -0.05) is 19.3 Å². The number of alkyl halides is 3. The second-order valence-corrected chi connectivity index (χ2v) is 4.93. The summed E-state index contributed by atoms with van der Waals surface area (Å²) in [6.45, 7) is 1.53. The summed E-state index contributed by atoms with van der Waals surface area (Å²) in [5, 5.41) is 0. The van der Waals surface area contributed by atoms with Crippen LogP contribution in [0.5, 0.6) is 0 Å². The zero-order chi connectivity index (χ0) is 13.4. The minimum atomic E-state index is -4.45. The molecule has 1 heterocycles. The van der Waals surface area contributed by atoms with E-state index in [1.54, 1.807) is 0 Å². The lowest BCUT2D eigenvalue weighted by Gasteiger charge is -2.32. The molecule has 2 rings (SSSR count). The third-order valence-corrected chi connectivity index (χ3v) is 3.34. The highest BCUT2D eigenvalue weighted by atomic mass is 19.4. The van der Waals surface area contributed by atoms with Crippen molar-refractivity contribution in [2.75, 3.05) is 0 Å². The Morgan fingerprint density at radius 1 is 1.17 bits per heavy atom. The van der Waals surface area contributed by atoms with Gasteiger partial charge in [-0.05, 0) is 25.8 Å². The maximum atomic E-state index is 12.7. The highest BCUT2D eigenvalue weighted by Crippen LogP contribution is 2.35. The second-order valence-electron chi connectivity index (χ2n) is 4.93. The minimum absolute atomic E-state index is 0.134. The van der Waals surface area contributed by atoms with E-state index in [0.717, 1.165) is 25.3 Å². The number of nitrogens with zero attached hydrogens (tertiary/aromatic N) is 2. The summed E-state index contributed by atoms with van der Waals surface area (Å²) in [7, 11) is 0. The Hall–Kier alpha value is -1.17. The van der Waals surface area contributed by atoms with Gasteiger partial charge in [-0.25, -0.2) is 9.97 Å². The molecule has 1 aromatic rings. The molecule has 0 amide bonds. The normalized spacial score (nSPS) is 19.8. The molecule has 1 aliphatic carbocycles. The Labute approximate surface area is 104 Å². The molecular weight excluding hydrogens is 243 g/mol. The Kier molecular flexibility index (Phi) is 3.31. The van der Waals surface area contributed by atoms with Gasteiger partial charge in [-0.2, -0.15) is 13.2 Å². The van der Waals surface area contributed by atoms with Crippen LogP contribution in [0.15, 0.2) is 6.07 Å². The van der Waals surface area contributed by atoms with E-state index in [0.29, 0.717) is 18.5 Å². The van der Waals surface area contributed by atoms with Crippen molar-refractivity contribution in [3.8, 4) is 0 Å². The van der Waals surface area contributed by atoms with Gasteiger partial charge >= 0.3 is 6.18 Å². The number of aryl methyl sites for hydroxylation is 1. The monoisotopic (exact) mass is 259 g/mol. The Balaban J connectivity index is 2.41. The smallest absolute Gasteiger partial charge is 0.319 e. The largest absolute Gasteiger partial charge is 0.433 e. The first-order valence-electron chi connectivity index (χ1n) is 6.03. The molecular formula is C12H16F3N3. The maximum Gasteiger partial charge on any atom is 0.433 e. The lowest BCUT2D eigenvalue weighted by atomic mass is 9.82. The third kappa shape index (κ3) is 2.63. The highest BCUT2D eigenvalue weighted by Gasteiger charge is 2.37. The quantitative estimate of drug-likeness (QED) is 0.843. The number of hydrogen-bond acceptors (Lipinski definition) is 3. The van der Waals surface area contributed by atoms with Crippen LogP contribution in [0, 0.1) is 6.92 Å². The number of nitrogens with two attached hydrogens (primary N) is 1. The average molecular weight is 259 g/mol. The standard InChI is InChI=1S/C12H16F3N3/c1-8-7-9(12(13,14)15)18-10(17-8)11(16)5-3-2-4-6-11/h7H,2-6,16H2,1H3. The van der Waals surface area contributed by atoms with Gasteiger partial charge in [0.15, 0.2) is 0 Å². The van der Waals surface area contributed by atoms with Crippen LogP contribution in [0.4, 0.5) is 13.2 Å². The van der Waals surface area contributed by atoms with Crippen LogP contribution in [0.3, 0.4) is 0 Å². The fourth-order valence-electron chi connectivity index (χ4n) is 2.34. The van der Waals surface area contributed by atoms with Crippen molar-refractivity contribution in [2.24, 2.45) is 5.73 Å². The van der Waals surface area contributed by atoms with Crippen molar-refractivity contribution in [2.45, 2.75) is 50.7 Å². The van der Waals surface area contributed by atoms with Gasteiger partial charge in [-0.3, -0.25) is 0 Å². The lowest BCUT2D eigenvalue weighted by Crippen LogP contribution is -2.41. The van der Waals surface area contributed by atoms with E-state index in [1.165, 1.54) is 6.92 Å². The first-order chi connectivity index (χ1) is 8.31. The predicted molar refractivity (Wildman–Crippen MR) is 60.7 cm³/mol. The van der Waals surface area contributed by atoms with E-state index in [9.17, 15) is 13.2 Å². The van der Waals surface area contributed by atoms with Crippen LogP contribution < -0.4 is 5.73 Å². The van der Waals surface area contributed by atoms with Gasteiger partial charge in [0.25, 0.3) is 0 Å². The highest BCUT2D eigenvalue weighted by molar-refractivity contribution is 5.17. The molecule has 18 heavy (non-hydrogen) atoms. The van der Waals surface area contributed by atoms with Gasteiger partial charge in [0.2, 0.25) is 0 Å². The summed E-state index contributed by atoms with van der Waals surface area (Å²) in [4.78, 5) is 7.75. The fourth-order valence-corrected chi connectivity index (χ4v) is 2.34. The molecule has 2 N–H and O–H groups in total. The average Bonchev–Trinajstić information content (AvgIpc) is 2.28. The van der Waals surface area contributed by atoms with Crippen molar-refractivity contribution < 1.29 is 13.2 Å². The zero-order valence-corrected chi connectivity index (χ0v) is 10.2. The molecule has 100 valence electrons. The fraction of sp³-hybridized carbons (Fsp3) is 0.667. The van der Waals surface area contributed by atoms with Crippen LogP contribution in [0.1, 0.15) is 49.3 Å². The summed E-state index contributed by atoms with van der Waals surface area (Å²) in [5.74, 6) is 0.134. The molecule has 3 nitrogen and oxygen atoms in total.